The van der Waals surface area contributed by atoms with Gasteiger partial charge in [0.05, 0.1) is 19.9 Å². The zero-order chi connectivity index (χ0) is 22.1. The van der Waals surface area contributed by atoms with Gasteiger partial charge in [0.2, 0.25) is 0 Å². The third-order valence-corrected chi connectivity index (χ3v) is 6.31. The van der Waals surface area contributed by atoms with Crippen molar-refractivity contribution >= 4 is 11.6 Å². The SMILES string of the molecule is COc1cccc(NC(=O)[C@H]2Cn3ccnc3C3(CCN(Cc4cnn(C)c4)CC3)O2)c1. The van der Waals surface area contributed by atoms with Crippen molar-refractivity contribution in [2.75, 3.05) is 25.5 Å². The first-order valence-electron chi connectivity index (χ1n) is 10.9. The van der Waals surface area contributed by atoms with Crippen LogP contribution in [0.1, 0.15) is 24.2 Å². The minimum Gasteiger partial charge on any atom is -0.497 e. The van der Waals surface area contributed by atoms with Gasteiger partial charge in [-0.2, -0.15) is 5.10 Å². The lowest BCUT2D eigenvalue weighted by molar-refractivity contribution is -0.170. The molecule has 168 valence electrons. The van der Waals surface area contributed by atoms with Crippen molar-refractivity contribution in [3.63, 3.8) is 0 Å². The van der Waals surface area contributed by atoms with Gasteiger partial charge in [-0.3, -0.25) is 14.4 Å². The molecule has 3 aromatic rings. The van der Waals surface area contributed by atoms with Crippen LogP contribution in [0, 0.1) is 0 Å². The van der Waals surface area contributed by atoms with E-state index in [0.717, 1.165) is 38.3 Å². The molecule has 1 saturated heterocycles. The molecule has 32 heavy (non-hydrogen) atoms. The third-order valence-electron chi connectivity index (χ3n) is 6.31. The smallest absolute Gasteiger partial charge is 0.255 e. The van der Waals surface area contributed by atoms with Crippen molar-refractivity contribution in [3.8, 4) is 5.75 Å². The minimum absolute atomic E-state index is 0.158. The average molecular weight is 437 g/mol. The summed E-state index contributed by atoms with van der Waals surface area (Å²) < 4.78 is 15.7. The molecule has 1 spiro atoms. The fourth-order valence-electron chi connectivity index (χ4n) is 4.68. The van der Waals surface area contributed by atoms with Crippen LogP contribution in [0.4, 0.5) is 5.69 Å². The summed E-state index contributed by atoms with van der Waals surface area (Å²) in [6.07, 6.45) is 8.67. The van der Waals surface area contributed by atoms with Crippen LogP contribution in [0.5, 0.6) is 5.75 Å². The van der Waals surface area contributed by atoms with E-state index in [1.165, 1.54) is 5.56 Å². The van der Waals surface area contributed by atoms with Gasteiger partial charge in [-0.05, 0) is 25.0 Å². The van der Waals surface area contributed by atoms with Crippen LogP contribution in [-0.2, 0) is 35.3 Å². The van der Waals surface area contributed by atoms with Crippen LogP contribution in [0.3, 0.4) is 0 Å². The average Bonchev–Trinajstić information content (AvgIpc) is 3.45. The van der Waals surface area contributed by atoms with Crippen LogP contribution in [-0.4, -0.2) is 56.4 Å². The second-order valence-corrected chi connectivity index (χ2v) is 8.52. The Hall–Kier alpha value is -3.17. The molecule has 9 heteroatoms. The van der Waals surface area contributed by atoms with Crippen LogP contribution in [0.15, 0.2) is 49.1 Å². The van der Waals surface area contributed by atoms with E-state index in [4.69, 9.17) is 9.47 Å². The predicted octanol–water partition coefficient (Wildman–Crippen LogP) is 2.15. The van der Waals surface area contributed by atoms with E-state index >= 15 is 0 Å². The third kappa shape index (κ3) is 4.01. The molecule has 0 aliphatic carbocycles. The number of anilines is 1. The number of imidazole rings is 1. The van der Waals surface area contributed by atoms with Crippen LogP contribution >= 0.6 is 0 Å². The first-order chi connectivity index (χ1) is 15.5. The van der Waals surface area contributed by atoms with E-state index in [1.807, 2.05) is 48.5 Å². The molecule has 1 aromatic carbocycles. The van der Waals surface area contributed by atoms with Crippen LogP contribution < -0.4 is 10.1 Å². The second kappa shape index (κ2) is 8.40. The van der Waals surface area contributed by atoms with Crippen molar-refractivity contribution in [2.24, 2.45) is 7.05 Å². The Kier molecular flexibility index (Phi) is 5.44. The Labute approximate surface area is 186 Å². The topological polar surface area (TPSA) is 86.4 Å². The number of likely N-dealkylation sites (tertiary alicyclic amines) is 1. The predicted molar refractivity (Wildman–Crippen MR) is 118 cm³/mol. The number of benzene rings is 1. The van der Waals surface area contributed by atoms with Crippen molar-refractivity contribution in [2.45, 2.75) is 37.6 Å². The molecule has 1 N–H and O–H groups in total. The van der Waals surface area contributed by atoms with Gasteiger partial charge >= 0.3 is 0 Å². The van der Waals surface area contributed by atoms with Crippen molar-refractivity contribution in [1.82, 2.24) is 24.2 Å². The van der Waals surface area contributed by atoms with Gasteiger partial charge in [0, 0.05) is 62.6 Å². The highest BCUT2D eigenvalue weighted by Gasteiger charge is 2.47. The molecule has 0 unspecified atom stereocenters. The van der Waals surface area contributed by atoms with Crippen LogP contribution in [0.25, 0.3) is 0 Å². The fourth-order valence-corrected chi connectivity index (χ4v) is 4.68. The number of nitrogens with zero attached hydrogens (tertiary/aromatic N) is 5. The summed E-state index contributed by atoms with van der Waals surface area (Å²) in [5.74, 6) is 1.46. The van der Waals surface area contributed by atoms with Gasteiger partial charge in [0.15, 0.2) is 6.10 Å². The summed E-state index contributed by atoms with van der Waals surface area (Å²) in [5.41, 5.74) is 1.34. The number of rotatable bonds is 5. The number of methoxy groups -OCH3 is 1. The van der Waals surface area contributed by atoms with E-state index in [1.54, 1.807) is 19.4 Å². The minimum atomic E-state index is -0.590. The number of hydrogen-bond donors (Lipinski definition) is 1. The Balaban J connectivity index is 1.29. The maximum Gasteiger partial charge on any atom is 0.255 e. The molecule has 2 aliphatic heterocycles. The summed E-state index contributed by atoms with van der Waals surface area (Å²) >= 11 is 0. The molecule has 9 nitrogen and oxygen atoms in total. The zero-order valence-electron chi connectivity index (χ0n) is 18.4. The summed E-state index contributed by atoms with van der Waals surface area (Å²) in [6, 6.07) is 7.34. The van der Waals surface area contributed by atoms with Crippen molar-refractivity contribution < 1.29 is 14.3 Å². The summed E-state index contributed by atoms with van der Waals surface area (Å²) in [4.78, 5) is 20.1. The van der Waals surface area contributed by atoms with Gasteiger partial charge in [0.25, 0.3) is 5.91 Å². The maximum atomic E-state index is 13.1. The number of carbonyl (C=O) groups is 1. The normalized spacial score (nSPS) is 20.1. The van der Waals surface area contributed by atoms with E-state index < -0.39 is 11.7 Å². The first kappa shape index (κ1) is 20.7. The number of fused-ring (bicyclic) bond motifs is 2. The molecule has 0 saturated carbocycles. The quantitative estimate of drug-likeness (QED) is 0.660. The molecule has 1 amide bonds. The summed E-state index contributed by atoms with van der Waals surface area (Å²) in [6.45, 7) is 3.04. The number of hydrogen-bond acceptors (Lipinski definition) is 6. The number of ether oxygens (including phenoxy) is 2. The zero-order valence-corrected chi connectivity index (χ0v) is 18.4. The molecule has 4 heterocycles. The highest BCUT2D eigenvalue weighted by molar-refractivity contribution is 5.94. The Bertz CT molecular complexity index is 1100. The monoisotopic (exact) mass is 436 g/mol. The number of amides is 1. The molecular formula is C23H28N6O3. The first-order valence-corrected chi connectivity index (χ1v) is 10.9. The Morgan fingerprint density at radius 3 is 2.94 bits per heavy atom. The van der Waals surface area contributed by atoms with E-state index in [0.29, 0.717) is 18.0 Å². The van der Waals surface area contributed by atoms with Gasteiger partial charge in [-0.1, -0.05) is 6.07 Å². The number of aromatic nitrogens is 4. The van der Waals surface area contributed by atoms with Crippen LogP contribution in [0.2, 0.25) is 0 Å². The van der Waals surface area contributed by atoms with Crippen molar-refractivity contribution in [1.29, 1.82) is 0 Å². The lowest BCUT2D eigenvalue weighted by atomic mass is 9.88. The van der Waals surface area contributed by atoms with Gasteiger partial charge in [0.1, 0.15) is 17.2 Å². The molecule has 1 atom stereocenters. The Morgan fingerprint density at radius 1 is 1.34 bits per heavy atom. The van der Waals surface area contributed by atoms with Gasteiger partial charge in [-0.25, -0.2) is 4.98 Å². The molecule has 1 fully saturated rings. The molecule has 5 rings (SSSR count). The molecule has 0 radical (unpaired) electrons. The second-order valence-electron chi connectivity index (χ2n) is 8.52. The largest absolute Gasteiger partial charge is 0.497 e. The van der Waals surface area contributed by atoms with E-state index in [-0.39, 0.29) is 5.91 Å². The van der Waals surface area contributed by atoms with Crippen molar-refractivity contribution in [3.05, 3.63) is 60.4 Å². The standard InChI is InChI=1S/C23H28N6O3/c1-27-14-17(13-25-27)15-28-9-6-23(7-10-28)22-24-8-11-29(22)16-20(32-23)21(30)26-18-4-3-5-19(12-18)31-2/h3-5,8,11-14,20H,6-7,9-10,15-16H2,1-2H3,(H,26,30)/t20-/m1/s1. The summed E-state index contributed by atoms with van der Waals surface area (Å²) in [5, 5.41) is 7.24. The number of carbonyl (C=O) groups excluding carboxylic acids is 1. The lowest BCUT2D eigenvalue weighted by Gasteiger charge is -2.45. The number of nitrogens with one attached hydrogen (secondary N) is 1. The number of piperidine rings is 1. The van der Waals surface area contributed by atoms with E-state index in [2.05, 4.69) is 24.9 Å². The van der Waals surface area contributed by atoms with Gasteiger partial charge in [-0.15, -0.1) is 0 Å². The summed E-state index contributed by atoms with van der Waals surface area (Å²) in [7, 11) is 3.54. The number of aryl methyl sites for hydroxylation is 1. The van der Waals surface area contributed by atoms with Gasteiger partial charge < -0.3 is 19.4 Å². The molecule has 2 aromatic heterocycles. The van der Waals surface area contributed by atoms with E-state index in [9.17, 15) is 4.79 Å². The Morgan fingerprint density at radius 2 is 2.19 bits per heavy atom. The maximum absolute atomic E-state index is 13.1. The lowest BCUT2D eigenvalue weighted by Crippen LogP contribution is -2.53. The molecular weight excluding hydrogens is 408 g/mol. The molecule has 0 bridgehead atoms. The highest BCUT2D eigenvalue weighted by atomic mass is 16.5. The fraction of sp³-hybridized carbons (Fsp3) is 0.435. The highest BCUT2D eigenvalue weighted by Crippen LogP contribution is 2.40. The molecule has 2 aliphatic rings.